The third-order valence-corrected chi connectivity index (χ3v) is 4.61. The molecule has 1 fully saturated rings. The minimum Gasteiger partial charge on any atom is -0.378 e. The van der Waals surface area contributed by atoms with Crippen molar-refractivity contribution < 1.29 is 17.9 Å². The lowest BCUT2D eigenvalue weighted by atomic mass is 10.2. The largest absolute Gasteiger partial charge is 0.378 e. The molecule has 0 spiro atoms. The summed E-state index contributed by atoms with van der Waals surface area (Å²) in [6.45, 7) is 3.36. The van der Waals surface area contributed by atoms with Gasteiger partial charge in [-0.1, -0.05) is 13.0 Å². The maximum Gasteiger partial charge on any atom is 0.243 e. The number of carbonyl (C=O) groups is 1. The quantitative estimate of drug-likeness (QED) is 0.705. The Kier molecular flexibility index (Phi) is 7.77. The molecular formula is C14H22ClN3O4S. The Bertz CT molecular complexity index is 618. The Hall–Kier alpha value is -1.35. The molecule has 1 atom stereocenters. The van der Waals surface area contributed by atoms with Crippen molar-refractivity contribution in [2.24, 2.45) is 0 Å². The summed E-state index contributed by atoms with van der Waals surface area (Å²) in [6.07, 6.45) is 0.541. The summed E-state index contributed by atoms with van der Waals surface area (Å²) in [5.41, 5.74) is 0.966. The Morgan fingerprint density at radius 2 is 2.13 bits per heavy atom. The van der Waals surface area contributed by atoms with Crippen LogP contribution in [-0.4, -0.2) is 45.9 Å². The van der Waals surface area contributed by atoms with Crippen molar-refractivity contribution in [2.45, 2.75) is 19.4 Å². The Balaban J connectivity index is 0.00000264. The second-order valence-corrected chi connectivity index (χ2v) is 6.91. The minimum atomic E-state index is -3.35. The number of carbonyl (C=O) groups excluding carboxylic acids is 1. The number of hydrogen-bond acceptors (Lipinski definition) is 5. The highest BCUT2D eigenvalue weighted by Gasteiger charge is 2.21. The number of benzene rings is 1. The van der Waals surface area contributed by atoms with E-state index in [-0.39, 0.29) is 24.1 Å². The van der Waals surface area contributed by atoms with Gasteiger partial charge in [-0.3, -0.25) is 9.52 Å². The molecule has 130 valence electrons. The molecule has 0 aromatic heterocycles. The van der Waals surface area contributed by atoms with Crippen LogP contribution in [0.5, 0.6) is 0 Å². The normalized spacial score (nSPS) is 17.9. The standard InChI is InChI=1S/C14H21N3O4S.ClH/c1-2-8-22(19,20)17-12-5-3-4-11(9-12)16-14(18)13-10-21-7-6-15-13;/h3-5,9,13,15,17H,2,6-8,10H2,1H3,(H,16,18);1H. The van der Waals surface area contributed by atoms with Gasteiger partial charge in [0, 0.05) is 12.2 Å². The van der Waals surface area contributed by atoms with E-state index in [4.69, 9.17) is 4.74 Å². The van der Waals surface area contributed by atoms with Gasteiger partial charge in [-0.05, 0) is 24.6 Å². The highest BCUT2D eigenvalue weighted by Crippen LogP contribution is 2.17. The number of nitrogens with one attached hydrogen (secondary N) is 3. The van der Waals surface area contributed by atoms with Crippen LogP contribution in [-0.2, 0) is 19.6 Å². The van der Waals surface area contributed by atoms with Crippen LogP contribution < -0.4 is 15.4 Å². The number of morpholine rings is 1. The lowest BCUT2D eigenvalue weighted by Gasteiger charge is -2.23. The first-order valence-electron chi connectivity index (χ1n) is 7.23. The second-order valence-electron chi connectivity index (χ2n) is 5.07. The molecule has 9 heteroatoms. The number of ether oxygens (including phenoxy) is 1. The third kappa shape index (κ3) is 6.34. The van der Waals surface area contributed by atoms with Crippen LogP contribution in [0.15, 0.2) is 24.3 Å². The molecule has 7 nitrogen and oxygen atoms in total. The van der Waals surface area contributed by atoms with Crippen LogP contribution in [0.3, 0.4) is 0 Å². The molecule has 1 aliphatic rings. The molecule has 1 saturated heterocycles. The van der Waals surface area contributed by atoms with Crippen LogP contribution in [0.1, 0.15) is 13.3 Å². The number of hydrogen-bond donors (Lipinski definition) is 3. The van der Waals surface area contributed by atoms with Crippen LogP contribution in [0, 0.1) is 0 Å². The number of sulfonamides is 1. The van der Waals surface area contributed by atoms with Gasteiger partial charge in [-0.25, -0.2) is 8.42 Å². The van der Waals surface area contributed by atoms with Gasteiger partial charge in [0.25, 0.3) is 0 Å². The van der Waals surface area contributed by atoms with Crippen molar-refractivity contribution in [3.8, 4) is 0 Å². The second kappa shape index (κ2) is 9.07. The highest BCUT2D eigenvalue weighted by atomic mass is 35.5. The van der Waals surface area contributed by atoms with E-state index < -0.39 is 16.1 Å². The molecule has 1 unspecified atom stereocenters. The van der Waals surface area contributed by atoms with Gasteiger partial charge in [0.15, 0.2) is 0 Å². The summed E-state index contributed by atoms with van der Waals surface area (Å²) in [6, 6.07) is 6.23. The topological polar surface area (TPSA) is 96.5 Å². The summed E-state index contributed by atoms with van der Waals surface area (Å²) >= 11 is 0. The molecule has 3 N–H and O–H groups in total. The van der Waals surface area contributed by atoms with E-state index >= 15 is 0 Å². The fourth-order valence-corrected chi connectivity index (χ4v) is 3.25. The summed E-state index contributed by atoms with van der Waals surface area (Å²) in [7, 11) is -3.35. The van der Waals surface area contributed by atoms with Gasteiger partial charge in [0.1, 0.15) is 6.04 Å². The summed E-state index contributed by atoms with van der Waals surface area (Å²) < 4.78 is 31.2. The monoisotopic (exact) mass is 363 g/mol. The molecule has 0 bridgehead atoms. The maximum atomic E-state index is 12.1. The van der Waals surface area contributed by atoms with E-state index in [2.05, 4.69) is 15.4 Å². The molecule has 0 aliphatic carbocycles. The zero-order valence-electron chi connectivity index (χ0n) is 12.9. The van der Waals surface area contributed by atoms with Crippen molar-refractivity contribution >= 4 is 39.7 Å². The average molecular weight is 364 g/mol. The predicted molar refractivity (Wildman–Crippen MR) is 92.6 cm³/mol. The third-order valence-electron chi connectivity index (χ3n) is 3.11. The molecule has 1 heterocycles. The molecule has 1 aromatic rings. The molecule has 1 aliphatic heterocycles. The van der Waals surface area contributed by atoms with Gasteiger partial charge in [0.05, 0.1) is 24.7 Å². The molecule has 0 radical (unpaired) electrons. The molecule has 2 rings (SSSR count). The zero-order valence-corrected chi connectivity index (χ0v) is 14.5. The van der Waals surface area contributed by atoms with Crippen LogP contribution in [0.2, 0.25) is 0 Å². The fourth-order valence-electron chi connectivity index (χ4n) is 2.12. The molecule has 1 amide bonds. The van der Waals surface area contributed by atoms with E-state index in [1.54, 1.807) is 31.2 Å². The Morgan fingerprint density at radius 1 is 1.39 bits per heavy atom. The Labute approximate surface area is 142 Å². The van der Waals surface area contributed by atoms with Gasteiger partial charge in [0.2, 0.25) is 15.9 Å². The minimum absolute atomic E-state index is 0. The summed E-state index contributed by atoms with van der Waals surface area (Å²) in [5, 5.41) is 5.81. The van der Waals surface area contributed by atoms with E-state index in [1.807, 2.05) is 0 Å². The molecular weight excluding hydrogens is 342 g/mol. The van der Waals surface area contributed by atoms with Crippen molar-refractivity contribution in [1.29, 1.82) is 0 Å². The van der Waals surface area contributed by atoms with E-state index in [9.17, 15) is 13.2 Å². The number of anilines is 2. The summed E-state index contributed by atoms with van der Waals surface area (Å²) in [4.78, 5) is 12.1. The Morgan fingerprint density at radius 3 is 2.78 bits per heavy atom. The number of halogens is 1. The highest BCUT2D eigenvalue weighted by molar-refractivity contribution is 7.92. The molecule has 23 heavy (non-hydrogen) atoms. The smallest absolute Gasteiger partial charge is 0.243 e. The number of amides is 1. The van der Waals surface area contributed by atoms with Crippen molar-refractivity contribution in [3.05, 3.63) is 24.3 Å². The number of rotatable bonds is 6. The van der Waals surface area contributed by atoms with Gasteiger partial charge in [-0.15, -0.1) is 12.4 Å². The van der Waals surface area contributed by atoms with Crippen LogP contribution >= 0.6 is 12.4 Å². The zero-order chi connectivity index (χ0) is 16.0. The van der Waals surface area contributed by atoms with Crippen LogP contribution in [0.4, 0.5) is 11.4 Å². The van der Waals surface area contributed by atoms with E-state index in [1.165, 1.54) is 0 Å². The maximum absolute atomic E-state index is 12.1. The van der Waals surface area contributed by atoms with E-state index in [0.29, 0.717) is 37.6 Å². The first-order valence-corrected chi connectivity index (χ1v) is 8.88. The average Bonchev–Trinajstić information content (AvgIpc) is 2.48. The molecule has 0 saturated carbocycles. The fraction of sp³-hybridized carbons (Fsp3) is 0.500. The lowest BCUT2D eigenvalue weighted by Crippen LogP contribution is -2.48. The van der Waals surface area contributed by atoms with Gasteiger partial charge < -0.3 is 15.4 Å². The lowest BCUT2D eigenvalue weighted by molar-refractivity contribution is -0.120. The predicted octanol–water partition coefficient (Wildman–Crippen LogP) is 1.19. The van der Waals surface area contributed by atoms with Crippen molar-refractivity contribution in [1.82, 2.24) is 5.32 Å². The first kappa shape index (κ1) is 19.7. The summed E-state index contributed by atoms with van der Waals surface area (Å²) in [5.74, 6) is -0.138. The van der Waals surface area contributed by atoms with Crippen molar-refractivity contribution in [2.75, 3.05) is 35.6 Å². The SMILES string of the molecule is CCCS(=O)(=O)Nc1cccc(NC(=O)C2COCCN2)c1.Cl. The van der Waals surface area contributed by atoms with Gasteiger partial charge >= 0.3 is 0 Å². The first-order chi connectivity index (χ1) is 10.5. The molecule has 1 aromatic carbocycles. The van der Waals surface area contributed by atoms with Crippen molar-refractivity contribution in [3.63, 3.8) is 0 Å². The van der Waals surface area contributed by atoms with Gasteiger partial charge in [-0.2, -0.15) is 0 Å². The van der Waals surface area contributed by atoms with Crippen LogP contribution in [0.25, 0.3) is 0 Å². The van der Waals surface area contributed by atoms with E-state index in [0.717, 1.165) is 0 Å².